The lowest BCUT2D eigenvalue weighted by Gasteiger charge is -2.39. The van der Waals surface area contributed by atoms with Crippen molar-refractivity contribution in [3.05, 3.63) is 64.8 Å². The number of benzene rings is 2. The van der Waals surface area contributed by atoms with Gasteiger partial charge in [-0.05, 0) is 66.3 Å². The van der Waals surface area contributed by atoms with Gasteiger partial charge in [-0.25, -0.2) is 0 Å². The van der Waals surface area contributed by atoms with Crippen molar-refractivity contribution >= 4 is 17.2 Å². The van der Waals surface area contributed by atoms with Gasteiger partial charge in [-0.3, -0.25) is 4.57 Å². The Balaban J connectivity index is 1.08. The van der Waals surface area contributed by atoms with Gasteiger partial charge in [-0.15, -0.1) is 13.2 Å². The summed E-state index contributed by atoms with van der Waals surface area (Å²) in [5, 5.41) is 10.9. The van der Waals surface area contributed by atoms with Crippen LogP contribution in [-0.2, 0) is 6.54 Å². The van der Waals surface area contributed by atoms with Gasteiger partial charge in [-0.2, -0.15) is 0 Å². The molecule has 13 heteroatoms. The summed E-state index contributed by atoms with van der Waals surface area (Å²) in [7, 11) is 1.96. The number of rotatable bonds is 8. The van der Waals surface area contributed by atoms with Crippen LogP contribution in [0.15, 0.2) is 54.7 Å². The van der Waals surface area contributed by atoms with Crippen molar-refractivity contribution in [2.75, 3.05) is 36.5 Å². The van der Waals surface area contributed by atoms with Crippen molar-refractivity contribution < 1.29 is 32.3 Å². The highest BCUT2D eigenvalue weighted by Gasteiger charge is 2.31. The number of halogens is 3. The molecule has 3 aromatic rings. The highest BCUT2D eigenvalue weighted by molar-refractivity contribution is 5.52. The van der Waals surface area contributed by atoms with Gasteiger partial charge in [0, 0.05) is 55.5 Å². The first-order valence-corrected chi connectivity index (χ1v) is 12.6. The zero-order valence-electron chi connectivity index (χ0n) is 21.2. The van der Waals surface area contributed by atoms with Gasteiger partial charge in [0.1, 0.15) is 30.4 Å². The number of alkyl halides is 3. The third-order valence-corrected chi connectivity index (χ3v) is 7.01. The van der Waals surface area contributed by atoms with E-state index < -0.39 is 11.3 Å². The molecule has 2 aliphatic heterocycles. The SMILES string of the molecule is CN(c1ccc(OC(F)(F)F)cc1)C1CCN(c2ccc(OC[C@@H]3CCn4cc([N+](=O)[O-])nc4O3)cc2)CC1. The van der Waals surface area contributed by atoms with Crippen LogP contribution in [0.4, 0.5) is 30.4 Å². The van der Waals surface area contributed by atoms with E-state index in [1.807, 2.05) is 31.3 Å². The van der Waals surface area contributed by atoms with E-state index in [0.717, 1.165) is 37.3 Å². The minimum Gasteiger partial charge on any atom is -0.490 e. The van der Waals surface area contributed by atoms with Crippen molar-refractivity contribution in [1.29, 1.82) is 0 Å². The predicted octanol–water partition coefficient (Wildman–Crippen LogP) is 5.03. The molecule has 0 spiro atoms. The number of piperidine rings is 1. The van der Waals surface area contributed by atoms with Gasteiger partial charge in [0.2, 0.25) is 0 Å². The Bertz CT molecular complexity index is 1270. The maximum atomic E-state index is 12.4. The summed E-state index contributed by atoms with van der Waals surface area (Å²) in [6.07, 6.45) is -1.10. The largest absolute Gasteiger partial charge is 0.573 e. The minimum absolute atomic E-state index is 0.230. The first-order chi connectivity index (χ1) is 18.6. The van der Waals surface area contributed by atoms with Crippen LogP contribution in [0.1, 0.15) is 19.3 Å². The van der Waals surface area contributed by atoms with Crippen LogP contribution in [0.3, 0.4) is 0 Å². The van der Waals surface area contributed by atoms with Crippen molar-refractivity contribution in [2.45, 2.75) is 44.3 Å². The average Bonchev–Trinajstić information content (AvgIpc) is 3.36. The summed E-state index contributed by atoms with van der Waals surface area (Å²) in [6.45, 7) is 2.57. The Morgan fingerprint density at radius 2 is 1.72 bits per heavy atom. The molecule has 0 aliphatic carbocycles. The summed E-state index contributed by atoms with van der Waals surface area (Å²) in [6, 6.07) is 14.3. The van der Waals surface area contributed by atoms with Gasteiger partial charge in [0.15, 0.2) is 0 Å². The van der Waals surface area contributed by atoms with Gasteiger partial charge in [-0.1, -0.05) is 0 Å². The molecule has 0 radical (unpaired) electrons. The fourth-order valence-corrected chi connectivity index (χ4v) is 4.88. The van der Waals surface area contributed by atoms with Crippen molar-refractivity contribution in [1.82, 2.24) is 9.55 Å². The first-order valence-electron chi connectivity index (χ1n) is 12.6. The average molecular weight is 548 g/mol. The molecule has 1 fully saturated rings. The van der Waals surface area contributed by atoms with E-state index in [0.29, 0.717) is 25.3 Å². The van der Waals surface area contributed by atoms with Gasteiger partial charge in [0.05, 0.1) is 0 Å². The number of nitro groups is 1. The van der Waals surface area contributed by atoms with Crippen LogP contribution < -0.4 is 24.0 Å². The molecule has 5 rings (SSSR count). The number of hydrogen-bond acceptors (Lipinski definition) is 8. The highest BCUT2D eigenvalue weighted by atomic mass is 19.4. The molecule has 2 aliphatic rings. The fourth-order valence-electron chi connectivity index (χ4n) is 4.88. The molecule has 3 heterocycles. The second kappa shape index (κ2) is 10.9. The standard InChI is InChI=1S/C26H28F3N5O5/c1-31(18-2-8-22(9-3-18)39-26(27,28)29)19-10-13-32(14-11-19)20-4-6-21(7-5-20)37-17-23-12-15-33-16-24(34(35)36)30-25(33)38-23/h2-9,16,19,23H,10-15,17H2,1H3/t23-/m0/s1. The van der Waals surface area contributed by atoms with Gasteiger partial charge in [0.25, 0.3) is 0 Å². The zero-order chi connectivity index (χ0) is 27.6. The summed E-state index contributed by atoms with van der Waals surface area (Å²) in [5.41, 5.74) is 1.92. The Morgan fingerprint density at radius 1 is 1.05 bits per heavy atom. The molecule has 10 nitrogen and oxygen atoms in total. The van der Waals surface area contributed by atoms with Crippen LogP contribution in [0, 0.1) is 10.1 Å². The predicted molar refractivity (Wildman–Crippen MR) is 137 cm³/mol. The molecule has 0 N–H and O–H groups in total. The van der Waals surface area contributed by atoms with Crippen LogP contribution >= 0.6 is 0 Å². The van der Waals surface area contributed by atoms with E-state index in [4.69, 9.17) is 9.47 Å². The van der Waals surface area contributed by atoms with Crippen LogP contribution in [0.2, 0.25) is 0 Å². The number of anilines is 2. The fraction of sp³-hybridized carbons (Fsp3) is 0.423. The molecule has 39 heavy (non-hydrogen) atoms. The number of hydrogen-bond donors (Lipinski definition) is 0. The van der Waals surface area contributed by atoms with E-state index in [1.54, 1.807) is 16.7 Å². The molecule has 1 saturated heterocycles. The second-order valence-electron chi connectivity index (χ2n) is 9.54. The Kier molecular flexibility index (Phi) is 7.40. The van der Waals surface area contributed by atoms with Crippen molar-refractivity contribution in [3.63, 3.8) is 0 Å². The smallest absolute Gasteiger partial charge is 0.490 e. The van der Waals surface area contributed by atoms with Gasteiger partial charge >= 0.3 is 18.2 Å². The lowest BCUT2D eigenvalue weighted by atomic mass is 10.0. The lowest BCUT2D eigenvalue weighted by Crippen LogP contribution is -2.43. The van der Waals surface area contributed by atoms with Gasteiger partial charge < -0.3 is 34.1 Å². The Hall–Kier alpha value is -4.16. The van der Waals surface area contributed by atoms with E-state index in [-0.39, 0.29) is 29.7 Å². The third-order valence-electron chi connectivity index (χ3n) is 7.01. The first kappa shape index (κ1) is 26.4. The normalized spacial score (nSPS) is 17.7. The molecule has 2 aromatic carbocycles. The number of aryl methyl sites for hydroxylation is 1. The molecule has 0 unspecified atom stereocenters. The third kappa shape index (κ3) is 6.47. The molecular weight excluding hydrogens is 519 g/mol. The molecular formula is C26H28F3N5O5. The topological polar surface area (TPSA) is 95.1 Å². The minimum atomic E-state index is -4.70. The van der Waals surface area contributed by atoms with Crippen LogP contribution in [-0.4, -0.2) is 59.7 Å². The quantitative estimate of drug-likeness (QED) is 0.287. The number of nitrogens with zero attached hydrogens (tertiary/aromatic N) is 5. The lowest BCUT2D eigenvalue weighted by molar-refractivity contribution is -0.389. The summed E-state index contributed by atoms with van der Waals surface area (Å²) in [4.78, 5) is 18.7. The van der Waals surface area contributed by atoms with E-state index in [2.05, 4.69) is 19.5 Å². The highest BCUT2D eigenvalue weighted by Crippen LogP contribution is 2.30. The molecule has 0 amide bonds. The van der Waals surface area contributed by atoms with Crippen molar-refractivity contribution in [3.8, 4) is 17.5 Å². The monoisotopic (exact) mass is 547 g/mol. The Morgan fingerprint density at radius 3 is 2.36 bits per heavy atom. The van der Waals surface area contributed by atoms with Crippen LogP contribution in [0.5, 0.6) is 17.5 Å². The number of imidazole rings is 1. The number of fused-ring (bicyclic) bond motifs is 1. The maximum absolute atomic E-state index is 12.4. The molecule has 0 saturated carbocycles. The number of ether oxygens (including phenoxy) is 3. The van der Waals surface area contributed by atoms with Crippen LogP contribution in [0.25, 0.3) is 0 Å². The van der Waals surface area contributed by atoms with Crippen molar-refractivity contribution in [2.24, 2.45) is 0 Å². The molecule has 208 valence electrons. The summed E-state index contributed by atoms with van der Waals surface area (Å²) >= 11 is 0. The summed E-state index contributed by atoms with van der Waals surface area (Å²) < 4.78 is 54.4. The summed E-state index contributed by atoms with van der Waals surface area (Å²) in [5.74, 6) is 0.243. The Labute approximate surface area is 222 Å². The molecule has 1 aromatic heterocycles. The molecule has 0 bridgehead atoms. The van der Waals surface area contributed by atoms with E-state index in [9.17, 15) is 23.3 Å². The number of aromatic nitrogens is 2. The maximum Gasteiger partial charge on any atom is 0.573 e. The second-order valence-corrected chi connectivity index (χ2v) is 9.54. The van der Waals surface area contributed by atoms with E-state index in [1.165, 1.54) is 18.3 Å². The zero-order valence-corrected chi connectivity index (χ0v) is 21.2. The van der Waals surface area contributed by atoms with E-state index >= 15 is 0 Å². The molecule has 1 atom stereocenters.